The molecule has 0 radical (unpaired) electrons. The standard InChI is InChI=1S/C7H11NO.C4H5NO/c1-5(2)7-6(3)8-4-9-7;1-4-2-5-3-6-4/h4-5H,1-3H3;2-3H,1H3. The molecule has 2 aromatic heterocycles. The van der Waals surface area contributed by atoms with Gasteiger partial charge >= 0.3 is 0 Å². The van der Waals surface area contributed by atoms with Gasteiger partial charge in [0.2, 0.25) is 0 Å². The first-order valence-corrected chi connectivity index (χ1v) is 4.86. The minimum absolute atomic E-state index is 0.451. The Morgan fingerprint density at radius 2 is 1.87 bits per heavy atom. The number of aromatic nitrogens is 2. The van der Waals surface area contributed by atoms with Crippen LogP contribution in [0.25, 0.3) is 0 Å². The monoisotopic (exact) mass is 208 g/mol. The molecule has 4 heteroatoms. The molecule has 0 amide bonds. The van der Waals surface area contributed by atoms with Crippen molar-refractivity contribution in [1.82, 2.24) is 9.97 Å². The Labute approximate surface area is 89.3 Å². The maximum atomic E-state index is 5.11. The Hall–Kier alpha value is -1.58. The maximum absolute atomic E-state index is 5.11. The normalized spacial score (nSPS) is 9.93. The van der Waals surface area contributed by atoms with E-state index in [0.717, 1.165) is 17.2 Å². The number of rotatable bonds is 1. The van der Waals surface area contributed by atoms with E-state index < -0.39 is 0 Å². The van der Waals surface area contributed by atoms with Crippen LogP contribution in [0.1, 0.15) is 37.0 Å². The van der Waals surface area contributed by atoms with Crippen molar-refractivity contribution in [2.24, 2.45) is 0 Å². The zero-order chi connectivity index (χ0) is 11.3. The first-order chi connectivity index (χ1) is 7.11. The largest absolute Gasteiger partial charge is 0.449 e. The molecule has 4 nitrogen and oxygen atoms in total. The predicted octanol–water partition coefficient (Wildman–Crippen LogP) is 3.09. The van der Waals surface area contributed by atoms with E-state index in [1.54, 1.807) is 6.20 Å². The molecule has 0 atom stereocenters. The van der Waals surface area contributed by atoms with Crippen molar-refractivity contribution >= 4 is 0 Å². The van der Waals surface area contributed by atoms with Gasteiger partial charge in [-0.1, -0.05) is 13.8 Å². The third-order valence-corrected chi connectivity index (χ3v) is 1.86. The summed E-state index contributed by atoms with van der Waals surface area (Å²) in [5, 5.41) is 0. The number of oxazole rings is 2. The van der Waals surface area contributed by atoms with Gasteiger partial charge in [0.15, 0.2) is 12.8 Å². The molecule has 0 bridgehead atoms. The van der Waals surface area contributed by atoms with Crippen LogP contribution in [-0.4, -0.2) is 9.97 Å². The van der Waals surface area contributed by atoms with E-state index in [-0.39, 0.29) is 0 Å². The van der Waals surface area contributed by atoms with E-state index in [4.69, 9.17) is 8.83 Å². The van der Waals surface area contributed by atoms with Crippen LogP contribution in [0, 0.1) is 13.8 Å². The van der Waals surface area contributed by atoms with Crippen LogP contribution >= 0.6 is 0 Å². The molecule has 2 rings (SSSR count). The van der Waals surface area contributed by atoms with E-state index >= 15 is 0 Å². The van der Waals surface area contributed by atoms with Crippen molar-refractivity contribution in [3.8, 4) is 0 Å². The van der Waals surface area contributed by atoms with Crippen molar-refractivity contribution < 1.29 is 8.83 Å². The first-order valence-electron chi connectivity index (χ1n) is 4.86. The van der Waals surface area contributed by atoms with Gasteiger partial charge in [-0.3, -0.25) is 0 Å². The molecule has 0 fully saturated rings. The minimum atomic E-state index is 0.451. The van der Waals surface area contributed by atoms with Crippen LogP contribution in [0.5, 0.6) is 0 Å². The molecule has 0 saturated carbocycles. The van der Waals surface area contributed by atoms with Gasteiger partial charge < -0.3 is 8.83 Å². The summed E-state index contributed by atoms with van der Waals surface area (Å²) in [5.41, 5.74) is 1.00. The second kappa shape index (κ2) is 5.34. The molecular formula is C11H16N2O2. The summed E-state index contributed by atoms with van der Waals surface area (Å²) >= 11 is 0. The Morgan fingerprint density at radius 3 is 2.07 bits per heavy atom. The molecule has 0 spiro atoms. The molecule has 0 aliphatic heterocycles. The second-order valence-electron chi connectivity index (χ2n) is 3.57. The summed E-state index contributed by atoms with van der Waals surface area (Å²) in [6.07, 6.45) is 4.57. The molecule has 0 aromatic carbocycles. The summed E-state index contributed by atoms with van der Waals surface area (Å²) in [4.78, 5) is 7.63. The van der Waals surface area contributed by atoms with Crippen LogP contribution in [0.2, 0.25) is 0 Å². The average Bonchev–Trinajstić information content (AvgIpc) is 2.77. The Morgan fingerprint density at radius 1 is 1.13 bits per heavy atom. The van der Waals surface area contributed by atoms with Gasteiger partial charge in [0.05, 0.1) is 11.9 Å². The van der Waals surface area contributed by atoms with Crippen molar-refractivity contribution in [2.75, 3.05) is 0 Å². The molecule has 0 aliphatic carbocycles. The van der Waals surface area contributed by atoms with Crippen molar-refractivity contribution in [3.63, 3.8) is 0 Å². The zero-order valence-corrected chi connectivity index (χ0v) is 9.52. The molecule has 0 saturated heterocycles. The highest BCUT2D eigenvalue weighted by molar-refractivity contribution is 5.08. The summed E-state index contributed by atoms with van der Waals surface area (Å²) in [5.74, 6) is 2.30. The van der Waals surface area contributed by atoms with Gasteiger partial charge in [0, 0.05) is 5.92 Å². The lowest BCUT2D eigenvalue weighted by molar-refractivity contribution is 0.480. The van der Waals surface area contributed by atoms with E-state index in [1.807, 2.05) is 13.8 Å². The molecule has 0 aliphatic rings. The van der Waals surface area contributed by atoms with Gasteiger partial charge in [0.1, 0.15) is 11.5 Å². The highest BCUT2D eigenvalue weighted by atomic mass is 16.3. The summed E-state index contributed by atoms with van der Waals surface area (Å²) in [6.45, 7) is 7.99. The van der Waals surface area contributed by atoms with Gasteiger partial charge in [-0.2, -0.15) is 0 Å². The lowest BCUT2D eigenvalue weighted by Crippen LogP contribution is -1.86. The smallest absolute Gasteiger partial charge is 0.181 e. The predicted molar refractivity (Wildman–Crippen MR) is 56.6 cm³/mol. The Kier molecular flexibility index (Phi) is 4.09. The van der Waals surface area contributed by atoms with Gasteiger partial charge in [-0.25, -0.2) is 9.97 Å². The Bertz CT molecular complexity index is 377. The average molecular weight is 208 g/mol. The van der Waals surface area contributed by atoms with Gasteiger partial charge in [0.25, 0.3) is 0 Å². The van der Waals surface area contributed by atoms with Gasteiger partial charge in [-0.05, 0) is 13.8 Å². The van der Waals surface area contributed by atoms with Crippen molar-refractivity contribution in [2.45, 2.75) is 33.6 Å². The number of hydrogen-bond donors (Lipinski definition) is 0. The zero-order valence-electron chi connectivity index (χ0n) is 9.52. The van der Waals surface area contributed by atoms with Crippen molar-refractivity contribution in [1.29, 1.82) is 0 Å². The fraction of sp³-hybridized carbons (Fsp3) is 0.455. The second-order valence-corrected chi connectivity index (χ2v) is 3.57. The molecule has 15 heavy (non-hydrogen) atoms. The molecule has 0 unspecified atom stereocenters. The number of hydrogen-bond acceptors (Lipinski definition) is 4. The topological polar surface area (TPSA) is 52.1 Å². The summed E-state index contributed by atoms with van der Waals surface area (Å²) in [6, 6.07) is 0. The third-order valence-electron chi connectivity index (χ3n) is 1.86. The Balaban J connectivity index is 0.000000162. The van der Waals surface area contributed by atoms with Crippen LogP contribution in [0.3, 0.4) is 0 Å². The van der Waals surface area contributed by atoms with Gasteiger partial charge in [-0.15, -0.1) is 0 Å². The minimum Gasteiger partial charge on any atom is -0.449 e. The fourth-order valence-corrected chi connectivity index (χ4v) is 1.14. The SMILES string of the molecule is Cc1cnco1.Cc1ncoc1C(C)C. The van der Waals surface area contributed by atoms with Crippen LogP contribution in [-0.2, 0) is 0 Å². The van der Waals surface area contributed by atoms with E-state index in [2.05, 4.69) is 23.8 Å². The molecule has 2 aromatic rings. The third kappa shape index (κ3) is 3.58. The van der Waals surface area contributed by atoms with E-state index in [1.165, 1.54) is 12.8 Å². The van der Waals surface area contributed by atoms with E-state index in [0.29, 0.717) is 5.92 Å². The summed E-state index contributed by atoms with van der Waals surface area (Å²) < 4.78 is 9.84. The molecule has 0 N–H and O–H groups in total. The lowest BCUT2D eigenvalue weighted by Gasteiger charge is -1.97. The number of nitrogens with zero attached hydrogens (tertiary/aromatic N) is 2. The lowest BCUT2D eigenvalue weighted by atomic mass is 10.1. The first kappa shape index (κ1) is 11.5. The highest BCUT2D eigenvalue weighted by Gasteiger charge is 2.06. The fourth-order valence-electron chi connectivity index (χ4n) is 1.14. The van der Waals surface area contributed by atoms with Crippen molar-refractivity contribution in [3.05, 3.63) is 36.2 Å². The highest BCUT2D eigenvalue weighted by Crippen LogP contribution is 2.16. The number of aryl methyl sites for hydroxylation is 2. The van der Waals surface area contributed by atoms with Crippen LogP contribution in [0.15, 0.2) is 27.8 Å². The molecule has 82 valence electrons. The van der Waals surface area contributed by atoms with Crippen LogP contribution in [0.4, 0.5) is 0 Å². The maximum Gasteiger partial charge on any atom is 0.181 e. The van der Waals surface area contributed by atoms with Crippen LogP contribution < -0.4 is 0 Å². The summed E-state index contributed by atoms with van der Waals surface area (Å²) in [7, 11) is 0. The molecule has 2 heterocycles. The quantitative estimate of drug-likeness (QED) is 0.722. The van der Waals surface area contributed by atoms with E-state index in [9.17, 15) is 0 Å². The molecular weight excluding hydrogens is 192 g/mol.